The number of amides is 2. The zero-order valence-electron chi connectivity index (χ0n) is 13.2. The molecule has 22 heavy (non-hydrogen) atoms. The molecular formula is C16H22N2O3S. The Labute approximate surface area is 135 Å². The summed E-state index contributed by atoms with van der Waals surface area (Å²) in [5, 5.41) is 2.91. The Morgan fingerprint density at radius 1 is 1.36 bits per heavy atom. The molecule has 0 radical (unpaired) electrons. The molecule has 1 fully saturated rings. The summed E-state index contributed by atoms with van der Waals surface area (Å²) in [6.07, 6.45) is 0.0725. The molecule has 0 aromatic heterocycles. The number of nitrogens with zero attached hydrogens (tertiary/aromatic N) is 1. The minimum atomic E-state index is -0.173. The van der Waals surface area contributed by atoms with Gasteiger partial charge in [0.2, 0.25) is 5.91 Å². The highest BCUT2D eigenvalue weighted by Crippen LogP contribution is 2.26. The number of nitrogens with one attached hydrogen (secondary N) is 1. The molecule has 0 unspecified atom stereocenters. The molecule has 1 aliphatic heterocycles. The van der Waals surface area contributed by atoms with E-state index in [1.54, 1.807) is 4.90 Å². The third-order valence-electron chi connectivity index (χ3n) is 3.31. The number of thioether (sulfide) groups is 1. The number of para-hydroxylation sites is 1. The van der Waals surface area contributed by atoms with Crippen molar-refractivity contribution in [1.29, 1.82) is 0 Å². The Morgan fingerprint density at radius 2 is 2.09 bits per heavy atom. The van der Waals surface area contributed by atoms with Gasteiger partial charge >= 0.3 is 0 Å². The number of carbonyl (C=O) groups is 2. The van der Waals surface area contributed by atoms with Gasteiger partial charge in [-0.3, -0.25) is 9.59 Å². The molecule has 1 saturated heterocycles. The fourth-order valence-corrected chi connectivity index (χ4v) is 3.13. The Morgan fingerprint density at radius 3 is 2.73 bits per heavy atom. The van der Waals surface area contributed by atoms with E-state index in [-0.39, 0.29) is 29.8 Å². The summed E-state index contributed by atoms with van der Waals surface area (Å²) in [4.78, 5) is 25.2. The Hall–Kier alpha value is -1.69. The van der Waals surface area contributed by atoms with Crippen molar-refractivity contribution in [3.8, 4) is 5.75 Å². The topological polar surface area (TPSA) is 58.6 Å². The molecule has 5 nitrogen and oxygen atoms in total. The number of rotatable bonds is 6. The predicted octanol–water partition coefficient (Wildman–Crippen LogP) is 2.82. The summed E-state index contributed by atoms with van der Waals surface area (Å²) in [6, 6.07) is 7.51. The molecule has 0 spiro atoms. The fraction of sp³-hybridized carbons (Fsp3) is 0.500. The van der Waals surface area contributed by atoms with Crippen LogP contribution in [0.1, 0.15) is 32.4 Å². The van der Waals surface area contributed by atoms with Crippen molar-refractivity contribution >= 4 is 22.9 Å². The molecule has 1 aliphatic rings. The second-order valence-corrected chi connectivity index (χ2v) is 6.58. The molecule has 1 atom stereocenters. The third kappa shape index (κ3) is 4.40. The second kappa shape index (κ2) is 7.54. The van der Waals surface area contributed by atoms with Crippen molar-refractivity contribution in [2.45, 2.75) is 32.9 Å². The first-order chi connectivity index (χ1) is 10.5. The van der Waals surface area contributed by atoms with Gasteiger partial charge in [-0.15, -0.1) is 0 Å². The smallest absolute Gasteiger partial charge is 0.282 e. The lowest BCUT2D eigenvalue weighted by molar-refractivity contribution is -0.122. The summed E-state index contributed by atoms with van der Waals surface area (Å²) >= 11 is 1.26. The highest BCUT2D eigenvalue weighted by Gasteiger charge is 2.24. The van der Waals surface area contributed by atoms with Crippen LogP contribution in [0.2, 0.25) is 0 Å². The maximum Gasteiger partial charge on any atom is 0.282 e. The average Bonchev–Trinajstić information content (AvgIpc) is 2.84. The van der Waals surface area contributed by atoms with Crippen LogP contribution in [0.3, 0.4) is 0 Å². The van der Waals surface area contributed by atoms with Crippen molar-refractivity contribution in [3.63, 3.8) is 0 Å². The lowest BCUT2D eigenvalue weighted by atomic mass is 10.1. The van der Waals surface area contributed by atoms with Gasteiger partial charge in [-0.1, -0.05) is 30.0 Å². The van der Waals surface area contributed by atoms with Crippen LogP contribution in [0, 0.1) is 0 Å². The van der Waals surface area contributed by atoms with E-state index in [0.29, 0.717) is 6.54 Å². The SMILES string of the molecule is CC(C)Oc1ccccc1[C@@H](C)NC(=O)CN1CCSC1=O. The lowest BCUT2D eigenvalue weighted by Crippen LogP contribution is -2.38. The monoisotopic (exact) mass is 322 g/mol. The lowest BCUT2D eigenvalue weighted by Gasteiger charge is -2.21. The van der Waals surface area contributed by atoms with Crippen molar-refractivity contribution in [2.75, 3.05) is 18.8 Å². The molecule has 2 amide bonds. The van der Waals surface area contributed by atoms with Crippen LogP contribution in [-0.4, -0.2) is 41.0 Å². The minimum absolute atomic E-state index is 0.0219. The van der Waals surface area contributed by atoms with E-state index >= 15 is 0 Å². The van der Waals surface area contributed by atoms with Gasteiger partial charge < -0.3 is 15.0 Å². The predicted molar refractivity (Wildman–Crippen MR) is 88.2 cm³/mol. The maximum absolute atomic E-state index is 12.1. The van der Waals surface area contributed by atoms with Crippen molar-refractivity contribution < 1.29 is 14.3 Å². The average molecular weight is 322 g/mol. The number of ether oxygens (including phenoxy) is 1. The number of carbonyl (C=O) groups excluding carboxylic acids is 2. The van der Waals surface area contributed by atoms with Gasteiger partial charge in [-0.2, -0.15) is 0 Å². The third-order valence-corrected chi connectivity index (χ3v) is 4.20. The van der Waals surface area contributed by atoms with Gasteiger partial charge in [-0.05, 0) is 26.8 Å². The number of benzene rings is 1. The van der Waals surface area contributed by atoms with Crippen LogP contribution in [0.15, 0.2) is 24.3 Å². The maximum atomic E-state index is 12.1. The molecule has 0 saturated carbocycles. The van der Waals surface area contributed by atoms with Gasteiger partial charge in [0, 0.05) is 17.9 Å². The molecule has 120 valence electrons. The zero-order valence-corrected chi connectivity index (χ0v) is 14.0. The van der Waals surface area contributed by atoms with Gasteiger partial charge in [0.15, 0.2) is 0 Å². The standard InChI is InChI=1S/C16H22N2O3S/c1-11(2)21-14-7-5-4-6-13(14)12(3)17-15(19)10-18-8-9-22-16(18)20/h4-7,11-12H,8-10H2,1-3H3,(H,17,19)/t12-/m1/s1. The summed E-state index contributed by atoms with van der Waals surface area (Å²) in [7, 11) is 0. The molecule has 6 heteroatoms. The minimum Gasteiger partial charge on any atom is -0.491 e. The summed E-state index contributed by atoms with van der Waals surface area (Å²) in [5.41, 5.74) is 0.937. The number of hydrogen-bond donors (Lipinski definition) is 1. The van der Waals surface area contributed by atoms with Crippen LogP contribution in [0.4, 0.5) is 4.79 Å². The van der Waals surface area contributed by atoms with Crippen molar-refractivity contribution in [3.05, 3.63) is 29.8 Å². The molecular weight excluding hydrogens is 300 g/mol. The molecule has 0 bridgehead atoms. The van der Waals surface area contributed by atoms with E-state index in [2.05, 4.69) is 5.32 Å². The Bertz CT molecular complexity index is 548. The fourth-order valence-electron chi connectivity index (χ4n) is 2.31. The summed E-state index contributed by atoms with van der Waals surface area (Å²) in [5.74, 6) is 1.38. The van der Waals surface area contributed by atoms with E-state index < -0.39 is 0 Å². The first-order valence-corrected chi connectivity index (χ1v) is 8.42. The van der Waals surface area contributed by atoms with E-state index in [1.165, 1.54) is 11.8 Å². The number of hydrogen-bond acceptors (Lipinski definition) is 4. The van der Waals surface area contributed by atoms with Gasteiger partial charge in [0.1, 0.15) is 12.3 Å². The highest BCUT2D eigenvalue weighted by atomic mass is 32.2. The van der Waals surface area contributed by atoms with Crippen LogP contribution in [0.25, 0.3) is 0 Å². The summed E-state index contributed by atoms with van der Waals surface area (Å²) < 4.78 is 5.78. The Kier molecular flexibility index (Phi) is 5.71. The van der Waals surface area contributed by atoms with Crippen LogP contribution in [0.5, 0.6) is 5.75 Å². The molecule has 1 aromatic rings. The normalized spacial score (nSPS) is 16.0. The zero-order chi connectivity index (χ0) is 16.1. The quantitative estimate of drug-likeness (QED) is 0.875. The van der Waals surface area contributed by atoms with E-state index in [0.717, 1.165) is 17.1 Å². The van der Waals surface area contributed by atoms with E-state index in [9.17, 15) is 9.59 Å². The second-order valence-electron chi connectivity index (χ2n) is 5.53. The molecule has 1 aromatic carbocycles. The Balaban J connectivity index is 1.98. The molecule has 2 rings (SSSR count). The van der Waals surface area contributed by atoms with E-state index in [4.69, 9.17) is 4.74 Å². The van der Waals surface area contributed by atoms with Crippen LogP contribution >= 0.6 is 11.8 Å². The molecule has 1 heterocycles. The molecule has 0 aliphatic carbocycles. The van der Waals surface area contributed by atoms with Crippen LogP contribution in [-0.2, 0) is 4.79 Å². The van der Waals surface area contributed by atoms with E-state index in [1.807, 2.05) is 45.0 Å². The van der Waals surface area contributed by atoms with Gasteiger partial charge in [0.25, 0.3) is 5.24 Å². The van der Waals surface area contributed by atoms with Crippen molar-refractivity contribution in [2.24, 2.45) is 0 Å². The van der Waals surface area contributed by atoms with Gasteiger partial charge in [-0.25, -0.2) is 0 Å². The molecule has 1 N–H and O–H groups in total. The van der Waals surface area contributed by atoms with Crippen LogP contribution < -0.4 is 10.1 Å². The first-order valence-electron chi connectivity index (χ1n) is 7.44. The summed E-state index contributed by atoms with van der Waals surface area (Å²) in [6.45, 7) is 6.61. The van der Waals surface area contributed by atoms with Crippen molar-refractivity contribution in [1.82, 2.24) is 10.2 Å². The highest BCUT2D eigenvalue weighted by molar-refractivity contribution is 8.13. The first kappa shape index (κ1) is 16.7. The largest absolute Gasteiger partial charge is 0.491 e. The van der Waals surface area contributed by atoms with Gasteiger partial charge in [0.05, 0.1) is 12.1 Å².